The third-order valence-corrected chi connectivity index (χ3v) is 2.89. The van der Waals surface area contributed by atoms with Gasteiger partial charge in [0.05, 0.1) is 11.7 Å². The summed E-state index contributed by atoms with van der Waals surface area (Å²) in [5.74, 6) is 1.41. The molecule has 0 bridgehead atoms. The first kappa shape index (κ1) is 13.0. The van der Waals surface area contributed by atoms with Crippen LogP contribution in [-0.2, 0) is 4.74 Å². The van der Waals surface area contributed by atoms with Crippen LogP contribution in [0.2, 0.25) is 0 Å². The van der Waals surface area contributed by atoms with Gasteiger partial charge < -0.3 is 10.1 Å². The van der Waals surface area contributed by atoms with Crippen LogP contribution in [0.3, 0.4) is 0 Å². The minimum absolute atomic E-state index is 0.0833. The van der Waals surface area contributed by atoms with Crippen molar-refractivity contribution in [3.8, 4) is 0 Å². The Balaban J connectivity index is 2.65. The van der Waals surface area contributed by atoms with Crippen molar-refractivity contribution in [2.24, 2.45) is 11.8 Å². The van der Waals surface area contributed by atoms with E-state index in [1.165, 1.54) is 12.8 Å². The first-order valence-electron chi connectivity index (χ1n) is 6.32. The highest BCUT2D eigenvalue weighted by molar-refractivity contribution is 4.90. The molecule has 2 heteroatoms. The smallest absolute Gasteiger partial charge is 0.0815 e. The molecule has 1 N–H and O–H groups in total. The van der Waals surface area contributed by atoms with Crippen molar-refractivity contribution in [2.75, 3.05) is 13.1 Å². The summed E-state index contributed by atoms with van der Waals surface area (Å²) in [6, 6.07) is 0. The van der Waals surface area contributed by atoms with Crippen LogP contribution in [0.5, 0.6) is 0 Å². The Bertz CT molecular complexity index is 173. The van der Waals surface area contributed by atoms with Gasteiger partial charge in [-0.05, 0) is 31.6 Å². The fourth-order valence-corrected chi connectivity index (χ4v) is 2.83. The van der Waals surface area contributed by atoms with E-state index >= 15 is 0 Å². The van der Waals surface area contributed by atoms with E-state index < -0.39 is 0 Å². The lowest BCUT2D eigenvalue weighted by Crippen LogP contribution is -2.54. The summed E-state index contributed by atoms with van der Waals surface area (Å²) in [5, 5.41) is 3.51. The molecule has 1 saturated heterocycles. The molecule has 1 rings (SSSR count). The fourth-order valence-electron chi connectivity index (χ4n) is 2.83. The van der Waals surface area contributed by atoms with Crippen LogP contribution in [0, 0.1) is 11.8 Å². The van der Waals surface area contributed by atoms with Crippen molar-refractivity contribution >= 4 is 0 Å². The molecule has 0 saturated carbocycles. The Morgan fingerprint density at radius 1 is 1.20 bits per heavy atom. The van der Waals surface area contributed by atoms with E-state index in [2.05, 4.69) is 39.9 Å². The van der Waals surface area contributed by atoms with Crippen molar-refractivity contribution in [1.29, 1.82) is 0 Å². The van der Waals surface area contributed by atoms with Crippen LogP contribution < -0.4 is 5.32 Å². The summed E-state index contributed by atoms with van der Waals surface area (Å²) < 4.78 is 6.23. The van der Waals surface area contributed by atoms with Gasteiger partial charge in [0.15, 0.2) is 0 Å². The summed E-state index contributed by atoms with van der Waals surface area (Å²) in [5.41, 5.74) is 0.0833. The maximum absolute atomic E-state index is 6.23. The third-order valence-electron chi connectivity index (χ3n) is 2.89. The van der Waals surface area contributed by atoms with Crippen molar-refractivity contribution in [1.82, 2.24) is 5.32 Å². The molecule has 0 amide bonds. The molecule has 0 radical (unpaired) electrons. The second-order valence-corrected chi connectivity index (χ2v) is 5.94. The molecule has 1 heterocycles. The average Bonchev–Trinajstić information content (AvgIpc) is 1.99. The highest BCUT2D eigenvalue weighted by Gasteiger charge is 2.36. The van der Waals surface area contributed by atoms with Gasteiger partial charge in [0.1, 0.15) is 0 Å². The van der Waals surface area contributed by atoms with E-state index in [9.17, 15) is 0 Å². The number of nitrogens with one attached hydrogen (secondary N) is 1. The van der Waals surface area contributed by atoms with Crippen LogP contribution in [0.1, 0.15) is 47.5 Å². The van der Waals surface area contributed by atoms with Crippen LogP contribution in [-0.4, -0.2) is 24.8 Å². The molecule has 0 aromatic heterocycles. The SMILES string of the molecule is CC(C)CC1(CC(C)C)CNCC(C)O1. The highest BCUT2D eigenvalue weighted by Crippen LogP contribution is 2.31. The Kier molecular flexibility index (Phi) is 4.60. The zero-order valence-corrected chi connectivity index (χ0v) is 11.0. The van der Waals surface area contributed by atoms with Gasteiger partial charge >= 0.3 is 0 Å². The quantitative estimate of drug-likeness (QED) is 0.775. The van der Waals surface area contributed by atoms with Crippen LogP contribution in [0.25, 0.3) is 0 Å². The number of rotatable bonds is 4. The number of hydrogen-bond donors (Lipinski definition) is 1. The van der Waals surface area contributed by atoms with E-state index in [0.717, 1.165) is 13.1 Å². The van der Waals surface area contributed by atoms with Crippen molar-refractivity contribution in [3.05, 3.63) is 0 Å². The number of morpholine rings is 1. The van der Waals surface area contributed by atoms with E-state index in [1.807, 2.05) is 0 Å². The van der Waals surface area contributed by atoms with Crippen LogP contribution in [0.4, 0.5) is 0 Å². The fraction of sp³-hybridized carbons (Fsp3) is 1.00. The van der Waals surface area contributed by atoms with Crippen molar-refractivity contribution in [3.63, 3.8) is 0 Å². The van der Waals surface area contributed by atoms with Gasteiger partial charge in [-0.3, -0.25) is 0 Å². The lowest BCUT2D eigenvalue weighted by molar-refractivity contribution is -0.128. The maximum atomic E-state index is 6.23. The predicted molar refractivity (Wildman–Crippen MR) is 65.1 cm³/mol. The van der Waals surface area contributed by atoms with Crippen molar-refractivity contribution in [2.45, 2.75) is 59.2 Å². The first-order valence-corrected chi connectivity index (χ1v) is 6.32. The third kappa shape index (κ3) is 4.12. The Morgan fingerprint density at radius 3 is 2.13 bits per heavy atom. The van der Waals surface area contributed by atoms with Gasteiger partial charge in [-0.2, -0.15) is 0 Å². The Labute approximate surface area is 94.8 Å². The summed E-state index contributed by atoms with van der Waals surface area (Å²) in [4.78, 5) is 0. The molecule has 0 aliphatic carbocycles. The van der Waals surface area contributed by atoms with Gasteiger partial charge in [0.25, 0.3) is 0 Å². The molecular formula is C13H27NO. The van der Waals surface area contributed by atoms with Gasteiger partial charge in [-0.1, -0.05) is 27.7 Å². The second kappa shape index (κ2) is 5.31. The Hall–Kier alpha value is -0.0800. The lowest BCUT2D eigenvalue weighted by Gasteiger charge is -2.43. The topological polar surface area (TPSA) is 21.3 Å². The number of hydrogen-bond acceptors (Lipinski definition) is 2. The van der Waals surface area contributed by atoms with Gasteiger partial charge in [0, 0.05) is 13.1 Å². The van der Waals surface area contributed by atoms with E-state index in [1.54, 1.807) is 0 Å². The largest absolute Gasteiger partial charge is 0.369 e. The second-order valence-electron chi connectivity index (χ2n) is 5.94. The molecule has 1 unspecified atom stereocenters. The molecule has 0 aromatic rings. The molecule has 1 fully saturated rings. The molecule has 2 nitrogen and oxygen atoms in total. The number of ether oxygens (including phenoxy) is 1. The van der Waals surface area contributed by atoms with Crippen LogP contribution >= 0.6 is 0 Å². The monoisotopic (exact) mass is 213 g/mol. The lowest BCUT2D eigenvalue weighted by atomic mass is 9.83. The van der Waals surface area contributed by atoms with Gasteiger partial charge in [0.2, 0.25) is 0 Å². The van der Waals surface area contributed by atoms with E-state index in [-0.39, 0.29) is 5.60 Å². The first-order chi connectivity index (χ1) is 6.93. The molecule has 1 aliphatic rings. The molecule has 0 aromatic carbocycles. The summed E-state index contributed by atoms with van der Waals surface area (Å²) in [7, 11) is 0. The maximum Gasteiger partial charge on any atom is 0.0815 e. The molecule has 1 aliphatic heterocycles. The van der Waals surface area contributed by atoms with Crippen molar-refractivity contribution < 1.29 is 4.74 Å². The molecule has 0 spiro atoms. The van der Waals surface area contributed by atoms with E-state index in [4.69, 9.17) is 4.74 Å². The van der Waals surface area contributed by atoms with Crippen LogP contribution in [0.15, 0.2) is 0 Å². The van der Waals surface area contributed by atoms with Gasteiger partial charge in [-0.25, -0.2) is 0 Å². The summed E-state index contributed by atoms with van der Waals surface area (Å²) >= 11 is 0. The predicted octanol–water partition coefficient (Wildman–Crippen LogP) is 2.83. The Morgan fingerprint density at radius 2 is 1.73 bits per heavy atom. The zero-order valence-electron chi connectivity index (χ0n) is 11.0. The average molecular weight is 213 g/mol. The minimum atomic E-state index is 0.0833. The molecule has 1 atom stereocenters. The highest BCUT2D eigenvalue weighted by atomic mass is 16.5. The van der Waals surface area contributed by atoms with Gasteiger partial charge in [-0.15, -0.1) is 0 Å². The summed E-state index contributed by atoms with van der Waals surface area (Å²) in [6.07, 6.45) is 2.70. The normalized spacial score (nSPS) is 26.2. The summed E-state index contributed by atoms with van der Waals surface area (Å²) in [6.45, 7) is 13.3. The molecule has 15 heavy (non-hydrogen) atoms. The zero-order chi connectivity index (χ0) is 11.5. The molecular weight excluding hydrogens is 186 g/mol. The molecule has 90 valence electrons. The van der Waals surface area contributed by atoms with E-state index in [0.29, 0.717) is 17.9 Å². The minimum Gasteiger partial charge on any atom is -0.369 e. The standard InChI is InChI=1S/C13H27NO/c1-10(2)6-13(7-11(3)4)9-14-8-12(5)15-13/h10-12,14H,6-9H2,1-5H3.